The number of rotatable bonds is 7. The van der Waals surface area contributed by atoms with E-state index in [1.165, 1.54) is 10.2 Å². The number of hydrogen-bond donors (Lipinski definition) is 0. The van der Waals surface area contributed by atoms with Crippen LogP contribution in [0, 0.1) is 20.8 Å². The Morgan fingerprint density at radius 3 is 2.41 bits per heavy atom. The number of furan rings is 1. The predicted octanol–water partition coefficient (Wildman–Crippen LogP) is 7.99. The SMILES string of the molecule is Cc1ccc(COc2ccc(-n3c(C)cc(C=Nn4c(-c5cc6ccccc6o5)nc5ccccc5c4=O)c3C)cc2)cc1. The summed E-state index contributed by atoms with van der Waals surface area (Å²) < 4.78 is 15.6. The summed E-state index contributed by atoms with van der Waals surface area (Å²) in [5.41, 5.74) is 7.33. The van der Waals surface area contributed by atoms with Gasteiger partial charge in [0.05, 0.1) is 17.1 Å². The first-order valence-corrected chi connectivity index (χ1v) is 14.5. The minimum absolute atomic E-state index is 0.266. The number of hydrogen-bond acceptors (Lipinski definition) is 5. The predicted molar refractivity (Wildman–Crippen MR) is 175 cm³/mol. The fourth-order valence-electron chi connectivity index (χ4n) is 5.46. The molecule has 7 rings (SSSR count). The van der Waals surface area contributed by atoms with E-state index in [4.69, 9.17) is 14.1 Å². The molecule has 0 aliphatic heterocycles. The van der Waals surface area contributed by atoms with Crippen molar-refractivity contribution >= 4 is 28.1 Å². The molecule has 0 bridgehead atoms. The highest BCUT2D eigenvalue weighted by Crippen LogP contribution is 2.28. The van der Waals surface area contributed by atoms with Gasteiger partial charge in [0, 0.05) is 28.0 Å². The van der Waals surface area contributed by atoms with Crippen LogP contribution in [-0.4, -0.2) is 20.4 Å². The number of para-hydroxylation sites is 2. The molecule has 0 radical (unpaired) electrons. The second-order valence-electron chi connectivity index (χ2n) is 10.9. The summed E-state index contributed by atoms with van der Waals surface area (Å²) in [4.78, 5) is 18.5. The largest absolute Gasteiger partial charge is 0.489 e. The number of benzene rings is 4. The topological polar surface area (TPSA) is 74.6 Å². The van der Waals surface area contributed by atoms with Gasteiger partial charge in [0.2, 0.25) is 5.82 Å². The molecule has 0 fully saturated rings. The maximum atomic E-state index is 13.7. The van der Waals surface area contributed by atoms with E-state index in [1.807, 2.05) is 79.7 Å². The lowest BCUT2D eigenvalue weighted by Gasteiger charge is -2.12. The van der Waals surface area contributed by atoms with Crippen LogP contribution < -0.4 is 10.3 Å². The van der Waals surface area contributed by atoms with Crippen molar-refractivity contribution in [3.63, 3.8) is 0 Å². The van der Waals surface area contributed by atoms with Crippen molar-refractivity contribution < 1.29 is 9.15 Å². The van der Waals surface area contributed by atoms with Crippen molar-refractivity contribution in [2.75, 3.05) is 0 Å². The summed E-state index contributed by atoms with van der Waals surface area (Å²) in [5, 5.41) is 6.09. The third kappa shape index (κ3) is 5.09. The number of nitrogens with zero attached hydrogens (tertiary/aromatic N) is 4. The summed E-state index contributed by atoms with van der Waals surface area (Å²) in [6.45, 7) is 6.68. The summed E-state index contributed by atoms with van der Waals surface area (Å²) in [7, 11) is 0. The van der Waals surface area contributed by atoms with Crippen LogP contribution in [0.25, 0.3) is 39.1 Å². The van der Waals surface area contributed by atoms with Gasteiger partial charge < -0.3 is 13.7 Å². The fourth-order valence-corrected chi connectivity index (χ4v) is 5.46. The molecule has 0 saturated heterocycles. The quantitative estimate of drug-likeness (QED) is 0.180. The van der Waals surface area contributed by atoms with Gasteiger partial charge in [0.15, 0.2) is 5.76 Å². The van der Waals surface area contributed by atoms with Gasteiger partial charge in [-0.15, -0.1) is 0 Å². The van der Waals surface area contributed by atoms with Gasteiger partial charge in [0.1, 0.15) is 17.9 Å². The fraction of sp³-hybridized carbons (Fsp3) is 0.108. The van der Waals surface area contributed by atoms with Crippen molar-refractivity contribution in [3.05, 3.63) is 148 Å². The molecule has 7 heteroatoms. The Kier molecular flexibility index (Phi) is 6.91. The van der Waals surface area contributed by atoms with E-state index in [2.05, 4.69) is 53.8 Å². The van der Waals surface area contributed by atoms with Crippen LogP contribution in [0.5, 0.6) is 5.75 Å². The van der Waals surface area contributed by atoms with Crippen molar-refractivity contribution in [3.8, 4) is 23.0 Å². The van der Waals surface area contributed by atoms with Crippen molar-refractivity contribution in [2.45, 2.75) is 27.4 Å². The molecule has 216 valence electrons. The van der Waals surface area contributed by atoms with Gasteiger partial charge in [-0.2, -0.15) is 9.78 Å². The maximum absolute atomic E-state index is 13.7. The minimum Gasteiger partial charge on any atom is -0.489 e. The van der Waals surface area contributed by atoms with Crippen LogP contribution in [0.1, 0.15) is 28.1 Å². The van der Waals surface area contributed by atoms with Gasteiger partial charge in [0.25, 0.3) is 5.56 Å². The molecule has 7 nitrogen and oxygen atoms in total. The molecule has 7 aromatic rings. The first-order valence-electron chi connectivity index (χ1n) is 14.5. The summed E-state index contributed by atoms with van der Waals surface area (Å²) in [5.74, 6) is 1.62. The van der Waals surface area contributed by atoms with Crippen LogP contribution in [0.2, 0.25) is 0 Å². The van der Waals surface area contributed by atoms with E-state index in [9.17, 15) is 4.79 Å². The van der Waals surface area contributed by atoms with Crippen molar-refractivity contribution in [1.82, 2.24) is 14.2 Å². The maximum Gasteiger partial charge on any atom is 0.282 e. The monoisotopic (exact) mass is 578 g/mol. The average molecular weight is 579 g/mol. The Balaban J connectivity index is 1.21. The van der Waals surface area contributed by atoms with Gasteiger partial charge in [-0.05, 0) is 80.9 Å². The zero-order chi connectivity index (χ0) is 30.2. The highest BCUT2D eigenvalue weighted by Gasteiger charge is 2.17. The van der Waals surface area contributed by atoms with Crippen molar-refractivity contribution in [2.24, 2.45) is 5.10 Å². The third-order valence-electron chi connectivity index (χ3n) is 7.80. The summed E-state index contributed by atoms with van der Waals surface area (Å²) in [6, 6.07) is 35.3. The molecule has 0 spiro atoms. The average Bonchev–Trinajstić information content (AvgIpc) is 3.60. The second-order valence-corrected chi connectivity index (χ2v) is 10.9. The summed E-state index contributed by atoms with van der Waals surface area (Å²) >= 11 is 0. The molecular weight excluding hydrogens is 548 g/mol. The molecule has 0 unspecified atom stereocenters. The molecule has 0 aliphatic rings. The molecule has 0 saturated carbocycles. The Bertz CT molecular complexity index is 2190. The number of aromatic nitrogens is 3. The Hall–Kier alpha value is -5.69. The molecule has 0 amide bonds. The summed E-state index contributed by atoms with van der Waals surface area (Å²) in [6.07, 6.45) is 1.71. The second kappa shape index (κ2) is 11.2. The van der Waals surface area contributed by atoms with Crippen LogP contribution in [0.15, 0.2) is 124 Å². The zero-order valence-corrected chi connectivity index (χ0v) is 24.7. The molecule has 4 aromatic carbocycles. The number of aryl methyl sites for hydroxylation is 2. The van der Waals surface area contributed by atoms with Gasteiger partial charge in [-0.25, -0.2) is 4.98 Å². The van der Waals surface area contributed by atoms with Crippen LogP contribution in [0.3, 0.4) is 0 Å². The van der Waals surface area contributed by atoms with E-state index in [0.29, 0.717) is 29.1 Å². The first-order chi connectivity index (χ1) is 21.4. The highest BCUT2D eigenvalue weighted by molar-refractivity contribution is 5.85. The Morgan fingerprint density at radius 2 is 1.61 bits per heavy atom. The van der Waals surface area contributed by atoms with E-state index < -0.39 is 0 Å². The molecule has 0 atom stereocenters. The van der Waals surface area contributed by atoms with E-state index in [1.54, 1.807) is 12.3 Å². The molecule has 0 N–H and O–H groups in total. The lowest BCUT2D eigenvalue weighted by atomic mass is 10.2. The van der Waals surface area contributed by atoms with E-state index in [-0.39, 0.29) is 5.56 Å². The van der Waals surface area contributed by atoms with Crippen LogP contribution in [0.4, 0.5) is 0 Å². The molecule has 0 aliphatic carbocycles. The standard InChI is InChI=1S/C37H30N4O3/c1-24-12-14-27(15-13-24)23-43-31-18-16-30(17-19-31)40-25(2)20-29(26(40)3)22-38-41-36(35-21-28-8-4-7-11-34(28)44-35)39-33-10-6-5-9-32(33)37(41)42/h4-22H,23H2,1-3H3. The van der Waals surface area contributed by atoms with Crippen LogP contribution in [-0.2, 0) is 6.61 Å². The van der Waals surface area contributed by atoms with Gasteiger partial charge in [-0.3, -0.25) is 4.79 Å². The Labute approximate surface area is 254 Å². The molecule has 3 heterocycles. The first kappa shape index (κ1) is 27.2. The Morgan fingerprint density at radius 1 is 0.864 bits per heavy atom. The lowest BCUT2D eigenvalue weighted by Crippen LogP contribution is -2.20. The molecule has 44 heavy (non-hydrogen) atoms. The molecule has 3 aromatic heterocycles. The number of fused-ring (bicyclic) bond motifs is 2. The van der Waals surface area contributed by atoms with E-state index in [0.717, 1.165) is 44.9 Å². The smallest absolute Gasteiger partial charge is 0.282 e. The van der Waals surface area contributed by atoms with Crippen molar-refractivity contribution in [1.29, 1.82) is 0 Å². The van der Waals surface area contributed by atoms with E-state index >= 15 is 0 Å². The number of ether oxygens (including phenoxy) is 1. The highest BCUT2D eigenvalue weighted by atomic mass is 16.5. The van der Waals surface area contributed by atoms with Crippen LogP contribution >= 0.6 is 0 Å². The normalized spacial score (nSPS) is 11.6. The lowest BCUT2D eigenvalue weighted by molar-refractivity contribution is 0.306. The van der Waals surface area contributed by atoms with Gasteiger partial charge in [-0.1, -0.05) is 60.2 Å². The third-order valence-corrected chi connectivity index (χ3v) is 7.80. The van der Waals surface area contributed by atoms with Gasteiger partial charge >= 0.3 is 0 Å². The zero-order valence-electron chi connectivity index (χ0n) is 24.7. The molecular formula is C37H30N4O3. The minimum atomic E-state index is -0.266.